The van der Waals surface area contributed by atoms with Gasteiger partial charge in [0, 0.05) is 19.3 Å². The maximum atomic E-state index is 12.1. The van der Waals surface area contributed by atoms with Crippen LogP contribution in [0.4, 0.5) is 17.5 Å². The van der Waals surface area contributed by atoms with E-state index in [0.29, 0.717) is 36.0 Å². The molecule has 140 valence electrons. The summed E-state index contributed by atoms with van der Waals surface area (Å²) in [6, 6.07) is 9.22. The van der Waals surface area contributed by atoms with Gasteiger partial charge in [-0.1, -0.05) is 0 Å². The highest BCUT2D eigenvalue weighted by atomic mass is 16.3. The summed E-state index contributed by atoms with van der Waals surface area (Å²) in [5.74, 6) is 3.15. The zero-order valence-corrected chi connectivity index (χ0v) is 15.5. The second-order valence-corrected chi connectivity index (χ2v) is 6.16. The Morgan fingerprint density at radius 2 is 1.78 bits per heavy atom. The van der Waals surface area contributed by atoms with E-state index in [1.807, 2.05) is 38.1 Å². The average Bonchev–Trinajstić information content (AvgIpc) is 2.98. The second kappa shape index (κ2) is 8.31. The quantitative estimate of drug-likeness (QED) is 0.552. The number of aromatic nitrogens is 3. The summed E-state index contributed by atoms with van der Waals surface area (Å²) >= 11 is 0. The van der Waals surface area contributed by atoms with Crippen LogP contribution in [0.15, 0.2) is 40.9 Å². The normalized spacial score (nSPS) is 10.5. The lowest BCUT2D eigenvalue weighted by atomic mass is 10.2. The predicted octanol–water partition coefficient (Wildman–Crippen LogP) is 2.98. The molecule has 3 aromatic heterocycles. The molecule has 0 spiro atoms. The molecule has 0 aliphatic heterocycles. The summed E-state index contributed by atoms with van der Waals surface area (Å²) in [7, 11) is 0. The van der Waals surface area contributed by atoms with Gasteiger partial charge < -0.3 is 20.4 Å². The van der Waals surface area contributed by atoms with Crippen molar-refractivity contribution in [3.8, 4) is 0 Å². The minimum Gasteiger partial charge on any atom is -0.466 e. The van der Waals surface area contributed by atoms with Gasteiger partial charge in [-0.3, -0.25) is 4.79 Å². The molecule has 0 saturated carbocycles. The molecule has 3 aromatic rings. The van der Waals surface area contributed by atoms with Crippen LogP contribution in [0, 0.1) is 20.8 Å². The molecule has 0 saturated heterocycles. The number of rotatable bonds is 7. The first-order valence-electron chi connectivity index (χ1n) is 8.64. The van der Waals surface area contributed by atoms with E-state index in [4.69, 9.17) is 4.42 Å². The van der Waals surface area contributed by atoms with Gasteiger partial charge in [0.05, 0.1) is 5.56 Å². The molecule has 8 nitrogen and oxygen atoms in total. The van der Waals surface area contributed by atoms with Crippen LogP contribution < -0.4 is 16.0 Å². The topological polar surface area (TPSA) is 105 Å². The smallest absolute Gasteiger partial charge is 0.254 e. The van der Waals surface area contributed by atoms with Crippen molar-refractivity contribution < 1.29 is 9.21 Å². The van der Waals surface area contributed by atoms with Gasteiger partial charge in [0.25, 0.3) is 5.91 Å². The molecule has 3 heterocycles. The fourth-order valence-corrected chi connectivity index (χ4v) is 2.55. The number of hydrogen-bond donors (Lipinski definition) is 3. The average molecular weight is 366 g/mol. The number of amides is 1. The van der Waals surface area contributed by atoms with Crippen LogP contribution in [-0.2, 0) is 0 Å². The first kappa shape index (κ1) is 18.4. The number of nitrogens with one attached hydrogen (secondary N) is 3. The lowest BCUT2D eigenvalue weighted by Gasteiger charge is -2.08. The SMILES string of the molecule is Cc1ccnc(Nc2ccc(NCCNC(=O)c3cc(C)oc3C)nn2)c1. The number of pyridine rings is 1. The molecular weight excluding hydrogens is 344 g/mol. The first-order valence-corrected chi connectivity index (χ1v) is 8.64. The summed E-state index contributed by atoms with van der Waals surface area (Å²) < 4.78 is 5.37. The Bertz CT molecular complexity index is 920. The van der Waals surface area contributed by atoms with Gasteiger partial charge in [-0.15, -0.1) is 10.2 Å². The number of anilines is 3. The third-order valence-corrected chi connectivity index (χ3v) is 3.84. The van der Waals surface area contributed by atoms with E-state index in [9.17, 15) is 4.79 Å². The van der Waals surface area contributed by atoms with E-state index >= 15 is 0 Å². The van der Waals surface area contributed by atoms with Crippen LogP contribution in [0.25, 0.3) is 0 Å². The highest BCUT2D eigenvalue weighted by molar-refractivity contribution is 5.95. The highest BCUT2D eigenvalue weighted by Crippen LogP contribution is 2.14. The minimum atomic E-state index is -0.151. The Hall–Kier alpha value is -3.42. The number of carbonyl (C=O) groups excluding carboxylic acids is 1. The molecule has 0 aliphatic carbocycles. The van der Waals surface area contributed by atoms with E-state index in [2.05, 4.69) is 31.1 Å². The molecule has 0 bridgehead atoms. The summed E-state index contributed by atoms with van der Waals surface area (Å²) in [5.41, 5.74) is 1.68. The first-order chi connectivity index (χ1) is 13.0. The second-order valence-electron chi connectivity index (χ2n) is 6.16. The predicted molar refractivity (Wildman–Crippen MR) is 103 cm³/mol. The van der Waals surface area contributed by atoms with Crippen molar-refractivity contribution in [2.75, 3.05) is 23.7 Å². The fraction of sp³-hybridized carbons (Fsp3) is 0.263. The van der Waals surface area contributed by atoms with Gasteiger partial charge in [-0.05, 0) is 56.7 Å². The molecule has 1 amide bonds. The molecule has 0 aliphatic rings. The van der Waals surface area contributed by atoms with Crippen molar-refractivity contribution in [2.45, 2.75) is 20.8 Å². The molecule has 0 aromatic carbocycles. The van der Waals surface area contributed by atoms with Crippen LogP contribution in [0.3, 0.4) is 0 Å². The standard InChI is InChI=1S/C19H22N6O2/c1-12-6-7-20-18(10-12)23-17-5-4-16(24-25-17)21-8-9-22-19(26)15-11-13(2)27-14(15)3/h4-7,10-11H,8-9H2,1-3H3,(H,21,24)(H,22,26)(H,20,23,25). The number of aryl methyl sites for hydroxylation is 3. The van der Waals surface area contributed by atoms with E-state index in [1.54, 1.807) is 19.2 Å². The summed E-state index contributed by atoms with van der Waals surface area (Å²) in [5, 5.41) is 17.3. The third-order valence-electron chi connectivity index (χ3n) is 3.84. The van der Waals surface area contributed by atoms with Gasteiger partial charge in [-0.2, -0.15) is 0 Å². The van der Waals surface area contributed by atoms with Crippen molar-refractivity contribution >= 4 is 23.4 Å². The van der Waals surface area contributed by atoms with Crippen LogP contribution >= 0.6 is 0 Å². The Labute approximate surface area is 157 Å². The lowest BCUT2D eigenvalue weighted by Crippen LogP contribution is -2.29. The summed E-state index contributed by atoms with van der Waals surface area (Å²) in [6.07, 6.45) is 1.74. The van der Waals surface area contributed by atoms with Crippen molar-refractivity contribution in [1.29, 1.82) is 0 Å². The van der Waals surface area contributed by atoms with Crippen LogP contribution in [0.5, 0.6) is 0 Å². The van der Waals surface area contributed by atoms with E-state index in [0.717, 1.165) is 17.1 Å². The van der Waals surface area contributed by atoms with Gasteiger partial charge in [0.2, 0.25) is 0 Å². The minimum absolute atomic E-state index is 0.151. The fourth-order valence-electron chi connectivity index (χ4n) is 2.55. The lowest BCUT2D eigenvalue weighted by molar-refractivity contribution is 0.0953. The van der Waals surface area contributed by atoms with Gasteiger partial charge in [0.15, 0.2) is 5.82 Å². The van der Waals surface area contributed by atoms with E-state index in [1.165, 1.54) is 0 Å². The molecule has 0 fully saturated rings. The maximum absolute atomic E-state index is 12.1. The van der Waals surface area contributed by atoms with Crippen LogP contribution in [-0.4, -0.2) is 34.2 Å². The Balaban J connectivity index is 1.45. The zero-order chi connectivity index (χ0) is 19.2. The van der Waals surface area contributed by atoms with Crippen molar-refractivity contribution in [3.63, 3.8) is 0 Å². The molecule has 0 atom stereocenters. The third kappa shape index (κ3) is 5.04. The molecule has 0 radical (unpaired) electrons. The van der Waals surface area contributed by atoms with Crippen molar-refractivity contribution in [1.82, 2.24) is 20.5 Å². The largest absolute Gasteiger partial charge is 0.466 e. The van der Waals surface area contributed by atoms with Crippen molar-refractivity contribution in [2.24, 2.45) is 0 Å². The Kier molecular flexibility index (Phi) is 5.65. The number of nitrogens with zero attached hydrogens (tertiary/aromatic N) is 3. The summed E-state index contributed by atoms with van der Waals surface area (Å²) in [6.45, 7) is 6.58. The van der Waals surface area contributed by atoms with Crippen LogP contribution in [0.1, 0.15) is 27.4 Å². The monoisotopic (exact) mass is 366 g/mol. The molecule has 27 heavy (non-hydrogen) atoms. The molecular formula is C19H22N6O2. The molecule has 3 rings (SSSR count). The molecule has 0 unspecified atom stereocenters. The van der Waals surface area contributed by atoms with E-state index in [-0.39, 0.29) is 5.91 Å². The van der Waals surface area contributed by atoms with Crippen LogP contribution in [0.2, 0.25) is 0 Å². The van der Waals surface area contributed by atoms with E-state index < -0.39 is 0 Å². The van der Waals surface area contributed by atoms with Gasteiger partial charge in [-0.25, -0.2) is 4.98 Å². The molecule has 3 N–H and O–H groups in total. The number of carbonyl (C=O) groups is 1. The van der Waals surface area contributed by atoms with Gasteiger partial charge in [0.1, 0.15) is 23.2 Å². The number of furan rings is 1. The Morgan fingerprint density at radius 1 is 1.00 bits per heavy atom. The molecule has 8 heteroatoms. The van der Waals surface area contributed by atoms with Crippen molar-refractivity contribution in [3.05, 3.63) is 59.2 Å². The highest BCUT2D eigenvalue weighted by Gasteiger charge is 2.12. The summed E-state index contributed by atoms with van der Waals surface area (Å²) in [4.78, 5) is 16.3. The number of hydrogen-bond acceptors (Lipinski definition) is 7. The zero-order valence-electron chi connectivity index (χ0n) is 15.5. The van der Waals surface area contributed by atoms with Gasteiger partial charge >= 0.3 is 0 Å². The maximum Gasteiger partial charge on any atom is 0.254 e. The Morgan fingerprint density at radius 3 is 2.44 bits per heavy atom.